The van der Waals surface area contributed by atoms with Crippen LogP contribution >= 0.6 is 11.3 Å². The van der Waals surface area contributed by atoms with Crippen LogP contribution in [0.3, 0.4) is 0 Å². The maximum Gasteiger partial charge on any atom is 0.257 e. The molecule has 32 heavy (non-hydrogen) atoms. The number of nitrogens with one attached hydrogen (secondary N) is 1. The fraction of sp³-hybridized carbons (Fsp3) is 0.360. The van der Waals surface area contributed by atoms with Gasteiger partial charge in [0.15, 0.2) is 0 Å². The molecule has 7 heteroatoms. The van der Waals surface area contributed by atoms with Gasteiger partial charge in [0.1, 0.15) is 5.82 Å². The van der Waals surface area contributed by atoms with Crippen molar-refractivity contribution in [1.29, 1.82) is 0 Å². The van der Waals surface area contributed by atoms with Crippen LogP contribution in [0, 0.1) is 19.3 Å². The standard InChI is InChI=1S/C25H28N4O2S/c1-17-21(15-27-18(2)28-17)23(30)29-12-5-11-25(16-29,24(31)26-3)14-19-7-9-20(10-8-19)22-6-4-13-32-22/h4,6-10,13,15H,5,11-12,14,16H2,1-3H3,(H,26,31). The molecule has 0 aliphatic carbocycles. The minimum absolute atomic E-state index is 0.0192. The van der Waals surface area contributed by atoms with Gasteiger partial charge < -0.3 is 10.2 Å². The van der Waals surface area contributed by atoms with Crippen molar-refractivity contribution in [3.8, 4) is 10.4 Å². The van der Waals surface area contributed by atoms with Crippen LogP contribution in [0.15, 0.2) is 48.0 Å². The molecule has 1 atom stereocenters. The van der Waals surface area contributed by atoms with Crippen LogP contribution in [0.1, 0.15) is 40.3 Å². The molecular formula is C25H28N4O2S. The Kier molecular flexibility index (Phi) is 6.37. The van der Waals surface area contributed by atoms with E-state index in [1.807, 2.05) is 19.9 Å². The maximum absolute atomic E-state index is 13.3. The molecule has 0 spiro atoms. The fourth-order valence-corrected chi connectivity index (χ4v) is 5.30. The van der Waals surface area contributed by atoms with Gasteiger partial charge in [-0.1, -0.05) is 30.3 Å². The quantitative estimate of drug-likeness (QED) is 0.639. The Morgan fingerprint density at radius 2 is 1.97 bits per heavy atom. The molecule has 2 aromatic heterocycles. The largest absolute Gasteiger partial charge is 0.359 e. The molecule has 6 nitrogen and oxygen atoms in total. The van der Waals surface area contributed by atoms with Crippen molar-refractivity contribution in [2.24, 2.45) is 5.41 Å². The molecule has 1 aliphatic rings. The van der Waals surface area contributed by atoms with Gasteiger partial charge >= 0.3 is 0 Å². The van der Waals surface area contributed by atoms with E-state index in [1.54, 1.807) is 29.5 Å². The number of hydrogen-bond acceptors (Lipinski definition) is 5. The number of benzene rings is 1. The fourth-order valence-electron chi connectivity index (χ4n) is 4.56. The number of aryl methyl sites for hydroxylation is 2. The lowest BCUT2D eigenvalue weighted by atomic mass is 9.74. The molecular weight excluding hydrogens is 420 g/mol. The first-order chi connectivity index (χ1) is 15.4. The predicted molar refractivity (Wildman–Crippen MR) is 127 cm³/mol. The van der Waals surface area contributed by atoms with E-state index in [4.69, 9.17) is 0 Å². The molecule has 1 N–H and O–H groups in total. The van der Waals surface area contributed by atoms with Gasteiger partial charge in [-0.25, -0.2) is 9.97 Å². The van der Waals surface area contributed by atoms with E-state index in [-0.39, 0.29) is 11.8 Å². The number of carbonyl (C=O) groups is 2. The van der Waals surface area contributed by atoms with E-state index < -0.39 is 5.41 Å². The van der Waals surface area contributed by atoms with Gasteiger partial charge in [-0.2, -0.15) is 0 Å². The summed E-state index contributed by atoms with van der Waals surface area (Å²) in [7, 11) is 1.67. The summed E-state index contributed by atoms with van der Waals surface area (Å²) in [5.74, 6) is 0.515. The average molecular weight is 449 g/mol. The highest BCUT2D eigenvalue weighted by Gasteiger charge is 2.43. The van der Waals surface area contributed by atoms with Gasteiger partial charge in [-0.05, 0) is 55.7 Å². The van der Waals surface area contributed by atoms with E-state index in [9.17, 15) is 9.59 Å². The minimum atomic E-state index is -0.660. The molecule has 166 valence electrons. The Morgan fingerprint density at radius 3 is 2.62 bits per heavy atom. The Bertz CT molecular complexity index is 1110. The number of nitrogens with zero attached hydrogens (tertiary/aromatic N) is 3. The van der Waals surface area contributed by atoms with E-state index >= 15 is 0 Å². The molecule has 2 amide bonds. The highest BCUT2D eigenvalue weighted by atomic mass is 32.1. The molecule has 4 rings (SSSR count). The Morgan fingerprint density at radius 1 is 1.19 bits per heavy atom. The first-order valence-corrected chi connectivity index (χ1v) is 11.7. The van der Waals surface area contributed by atoms with Gasteiger partial charge in [0, 0.05) is 31.2 Å². The first kappa shape index (κ1) is 22.1. The van der Waals surface area contributed by atoms with E-state index in [0.717, 1.165) is 18.4 Å². The smallest absolute Gasteiger partial charge is 0.257 e. The van der Waals surface area contributed by atoms with E-state index in [0.29, 0.717) is 36.6 Å². The molecule has 3 heterocycles. The molecule has 0 saturated carbocycles. The molecule has 3 aromatic rings. The van der Waals surface area contributed by atoms with Crippen molar-refractivity contribution < 1.29 is 9.59 Å². The van der Waals surface area contributed by atoms with Crippen LogP contribution in [0.4, 0.5) is 0 Å². The molecule has 1 fully saturated rings. The zero-order valence-electron chi connectivity index (χ0n) is 18.7. The van der Waals surface area contributed by atoms with Crippen molar-refractivity contribution in [2.75, 3.05) is 20.1 Å². The number of aromatic nitrogens is 2. The summed E-state index contributed by atoms with van der Waals surface area (Å²) in [6, 6.07) is 12.6. The summed E-state index contributed by atoms with van der Waals surface area (Å²) in [5.41, 5.74) is 2.78. The third-order valence-corrected chi connectivity index (χ3v) is 7.12. The first-order valence-electron chi connectivity index (χ1n) is 10.9. The molecule has 0 radical (unpaired) electrons. The van der Waals surface area contributed by atoms with Gasteiger partial charge in [0.2, 0.25) is 5.91 Å². The zero-order chi connectivity index (χ0) is 22.7. The van der Waals surface area contributed by atoms with Crippen molar-refractivity contribution in [2.45, 2.75) is 33.1 Å². The summed E-state index contributed by atoms with van der Waals surface area (Å²) in [6.45, 7) is 4.64. The number of likely N-dealkylation sites (tertiary alicyclic amines) is 1. The summed E-state index contributed by atoms with van der Waals surface area (Å²) >= 11 is 1.71. The highest BCUT2D eigenvalue weighted by molar-refractivity contribution is 7.13. The number of carbonyl (C=O) groups excluding carboxylic acids is 2. The van der Waals surface area contributed by atoms with Crippen LogP contribution in [-0.4, -0.2) is 46.8 Å². The van der Waals surface area contributed by atoms with Gasteiger partial charge in [-0.3, -0.25) is 9.59 Å². The van der Waals surface area contributed by atoms with Crippen LogP contribution < -0.4 is 5.32 Å². The van der Waals surface area contributed by atoms with Crippen LogP contribution in [0.25, 0.3) is 10.4 Å². The lowest BCUT2D eigenvalue weighted by molar-refractivity contribution is -0.133. The van der Waals surface area contributed by atoms with Crippen LogP contribution in [0.2, 0.25) is 0 Å². The predicted octanol–water partition coefficient (Wildman–Crippen LogP) is 4.03. The lowest BCUT2D eigenvalue weighted by Gasteiger charge is -2.41. The van der Waals surface area contributed by atoms with Crippen molar-refractivity contribution in [3.63, 3.8) is 0 Å². The maximum atomic E-state index is 13.3. The summed E-state index contributed by atoms with van der Waals surface area (Å²) in [6.07, 6.45) is 3.70. The third kappa shape index (κ3) is 4.43. The van der Waals surface area contributed by atoms with Gasteiger partial charge in [-0.15, -0.1) is 11.3 Å². The van der Waals surface area contributed by atoms with E-state index in [1.165, 1.54) is 10.4 Å². The van der Waals surface area contributed by atoms with Crippen LogP contribution in [0.5, 0.6) is 0 Å². The summed E-state index contributed by atoms with van der Waals surface area (Å²) < 4.78 is 0. The van der Waals surface area contributed by atoms with Crippen LogP contribution in [-0.2, 0) is 11.2 Å². The minimum Gasteiger partial charge on any atom is -0.359 e. The lowest BCUT2D eigenvalue weighted by Crippen LogP contribution is -2.54. The number of amides is 2. The Hall–Kier alpha value is -3.06. The normalized spacial score (nSPS) is 18.4. The third-order valence-electron chi connectivity index (χ3n) is 6.21. The number of piperidine rings is 1. The topological polar surface area (TPSA) is 75.2 Å². The number of rotatable bonds is 5. The van der Waals surface area contributed by atoms with Crippen molar-refractivity contribution in [1.82, 2.24) is 20.2 Å². The highest BCUT2D eigenvalue weighted by Crippen LogP contribution is 2.35. The van der Waals surface area contributed by atoms with E-state index in [2.05, 4.69) is 51.0 Å². The Balaban J connectivity index is 1.58. The molecule has 1 aliphatic heterocycles. The SMILES string of the molecule is CNC(=O)C1(Cc2ccc(-c3cccs3)cc2)CCCN(C(=O)c2cnc(C)nc2C)C1. The summed E-state index contributed by atoms with van der Waals surface area (Å²) in [5, 5.41) is 4.92. The molecule has 1 aromatic carbocycles. The Labute approximate surface area is 192 Å². The monoisotopic (exact) mass is 448 g/mol. The number of hydrogen-bond donors (Lipinski definition) is 1. The second-order valence-electron chi connectivity index (χ2n) is 8.46. The molecule has 0 bridgehead atoms. The molecule has 1 saturated heterocycles. The molecule has 1 unspecified atom stereocenters. The van der Waals surface area contributed by atoms with Gasteiger partial charge in [0.25, 0.3) is 5.91 Å². The summed E-state index contributed by atoms with van der Waals surface area (Å²) in [4.78, 5) is 37.9. The second kappa shape index (κ2) is 9.20. The van der Waals surface area contributed by atoms with Gasteiger partial charge in [0.05, 0.1) is 16.7 Å². The zero-order valence-corrected chi connectivity index (χ0v) is 19.5. The second-order valence-corrected chi connectivity index (χ2v) is 9.40. The number of thiophene rings is 1. The van der Waals surface area contributed by atoms with Crippen molar-refractivity contribution >= 4 is 23.2 Å². The van der Waals surface area contributed by atoms with Crippen molar-refractivity contribution in [3.05, 3.63) is 70.6 Å². The average Bonchev–Trinajstić information content (AvgIpc) is 3.34.